The van der Waals surface area contributed by atoms with Crippen molar-refractivity contribution >= 4 is 28.1 Å². The molecule has 1 aliphatic carbocycles. The molecule has 6 nitrogen and oxygen atoms in total. The van der Waals surface area contributed by atoms with Crippen molar-refractivity contribution in [2.24, 2.45) is 0 Å². The highest BCUT2D eigenvalue weighted by atomic mass is 32.1. The Kier molecular flexibility index (Phi) is 5.88. The van der Waals surface area contributed by atoms with Gasteiger partial charge >= 0.3 is 0 Å². The number of fused-ring (bicyclic) bond motifs is 1. The summed E-state index contributed by atoms with van der Waals surface area (Å²) in [7, 11) is 0. The second-order valence-electron chi connectivity index (χ2n) is 9.01. The second kappa shape index (κ2) is 8.97. The maximum Gasteiger partial charge on any atom is 0.163 e. The van der Waals surface area contributed by atoms with E-state index in [2.05, 4.69) is 48.1 Å². The Balaban J connectivity index is 1.61. The van der Waals surface area contributed by atoms with E-state index in [0.29, 0.717) is 5.56 Å². The molecule has 0 atom stereocenters. The lowest BCUT2D eigenvalue weighted by Crippen LogP contribution is -2.28. The van der Waals surface area contributed by atoms with Gasteiger partial charge in [-0.3, -0.25) is 0 Å². The summed E-state index contributed by atoms with van der Waals surface area (Å²) in [5.74, 6) is 0.236. The number of hydrogen-bond acceptors (Lipinski definition) is 6. The van der Waals surface area contributed by atoms with Gasteiger partial charge in [0.15, 0.2) is 5.65 Å². The van der Waals surface area contributed by atoms with Crippen molar-refractivity contribution in [2.45, 2.75) is 57.6 Å². The summed E-state index contributed by atoms with van der Waals surface area (Å²) in [5, 5.41) is 33.4. The van der Waals surface area contributed by atoms with Gasteiger partial charge in [-0.15, -0.1) is 0 Å². The average molecular weight is 458 g/mol. The highest BCUT2D eigenvalue weighted by Crippen LogP contribution is 2.36. The molecule has 0 bridgehead atoms. The zero-order chi connectivity index (χ0) is 22.9. The number of nitrogens with one attached hydrogen (secondary N) is 1. The molecule has 4 aromatic rings. The van der Waals surface area contributed by atoms with E-state index in [1.165, 1.54) is 5.56 Å². The number of hydrogen-bond donors (Lipinski definition) is 2. The van der Waals surface area contributed by atoms with Crippen LogP contribution >= 0.6 is 11.3 Å². The molecule has 1 saturated carbocycles. The van der Waals surface area contributed by atoms with Gasteiger partial charge in [0.25, 0.3) is 0 Å². The van der Waals surface area contributed by atoms with Gasteiger partial charge in [0.1, 0.15) is 6.07 Å². The van der Waals surface area contributed by atoms with E-state index >= 15 is 0 Å². The molecule has 0 amide bonds. The number of nitrogens with zero attached hydrogens (tertiary/aromatic N) is 4. The van der Waals surface area contributed by atoms with Crippen molar-refractivity contribution in [3.8, 4) is 22.9 Å². The van der Waals surface area contributed by atoms with Crippen molar-refractivity contribution in [1.82, 2.24) is 14.8 Å². The summed E-state index contributed by atoms with van der Waals surface area (Å²) in [5.41, 5.74) is 6.44. The topological polar surface area (TPSA) is 86.8 Å². The van der Waals surface area contributed by atoms with Crippen LogP contribution in [0.1, 0.15) is 56.7 Å². The largest absolute Gasteiger partial charge is 0.393 e. The Bertz CT molecular complexity index is 1310. The van der Waals surface area contributed by atoms with Crippen molar-refractivity contribution in [2.75, 3.05) is 5.32 Å². The van der Waals surface area contributed by atoms with E-state index in [-0.39, 0.29) is 18.1 Å². The van der Waals surface area contributed by atoms with Crippen molar-refractivity contribution < 1.29 is 5.11 Å². The van der Waals surface area contributed by atoms with E-state index < -0.39 is 0 Å². The minimum Gasteiger partial charge on any atom is -0.393 e. The summed E-state index contributed by atoms with van der Waals surface area (Å²) in [6.45, 7) is 4.31. The van der Waals surface area contributed by atoms with Gasteiger partial charge in [0.2, 0.25) is 0 Å². The predicted molar refractivity (Wildman–Crippen MR) is 133 cm³/mol. The van der Waals surface area contributed by atoms with E-state index in [9.17, 15) is 10.4 Å². The van der Waals surface area contributed by atoms with Gasteiger partial charge in [-0.2, -0.15) is 21.7 Å². The summed E-state index contributed by atoms with van der Waals surface area (Å²) >= 11 is 1.68. The van der Waals surface area contributed by atoms with Crippen LogP contribution in [0, 0.1) is 11.3 Å². The number of thiophene rings is 1. The van der Waals surface area contributed by atoms with Crippen LogP contribution < -0.4 is 5.32 Å². The average Bonchev–Trinajstić information content (AvgIpc) is 3.49. The van der Waals surface area contributed by atoms with Gasteiger partial charge in [-0.1, -0.05) is 13.8 Å². The van der Waals surface area contributed by atoms with E-state index in [1.807, 2.05) is 29.1 Å². The number of pyridine rings is 1. The molecule has 168 valence electrons. The molecule has 2 N–H and O–H groups in total. The maximum atomic E-state index is 9.83. The van der Waals surface area contributed by atoms with Gasteiger partial charge < -0.3 is 10.4 Å². The summed E-state index contributed by atoms with van der Waals surface area (Å²) in [6.07, 6.45) is 4.99. The highest BCUT2D eigenvalue weighted by molar-refractivity contribution is 7.08. The Morgan fingerprint density at radius 1 is 1.18 bits per heavy atom. The third kappa shape index (κ3) is 4.12. The van der Waals surface area contributed by atoms with Crippen LogP contribution in [0.3, 0.4) is 0 Å². The summed E-state index contributed by atoms with van der Waals surface area (Å²) < 4.78 is 1.90. The predicted octanol–water partition coefficient (Wildman–Crippen LogP) is 5.86. The number of aromatic nitrogens is 3. The third-order valence-electron chi connectivity index (χ3n) is 6.40. The zero-order valence-electron chi connectivity index (χ0n) is 18.8. The quantitative estimate of drug-likeness (QED) is 0.392. The molecule has 7 heteroatoms. The standard InChI is InChI=1S/C26H27N5OS/c1-16(2)25-24-22(18-10-12-33-15-18)9-11-28-26(24)31(30-25)20-6-3-17(14-27)23(13-20)29-19-4-7-21(32)8-5-19/h3,6,9-13,15-16,19,21,29,32H,4-5,7-8H2,1-2H3/t19-,21-. The molecule has 0 unspecified atom stereocenters. The van der Waals surface area contributed by atoms with Crippen LogP contribution in [-0.2, 0) is 0 Å². The van der Waals surface area contributed by atoms with Crippen LogP contribution in [0.5, 0.6) is 0 Å². The van der Waals surface area contributed by atoms with Gasteiger partial charge in [-0.05, 0) is 83.8 Å². The Morgan fingerprint density at radius 2 is 2.00 bits per heavy atom. The lowest BCUT2D eigenvalue weighted by molar-refractivity contribution is 0.126. The first-order valence-electron chi connectivity index (χ1n) is 11.4. The minimum atomic E-state index is -0.210. The van der Waals surface area contributed by atoms with E-state index in [4.69, 9.17) is 10.1 Å². The van der Waals surface area contributed by atoms with Crippen LogP contribution in [0.2, 0.25) is 0 Å². The fourth-order valence-corrected chi connectivity index (χ4v) is 5.29. The first-order valence-corrected chi connectivity index (χ1v) is 12.4. The molecule has 33 heavy (non-hydrogen) atoms. The van der Waals surface area contributed by atoms with Crippen LogP contribution in [0.4, 0.5) is 5.69 Å². The monoisotopic (exact) mass is 457 g/mol. The SMILES string of the molecule is CC(C)c1nn(-c2ccc(C#N)c(N[C@H]3CC[C@H](O)CC3)c2)c2nccc(-c3ccsc3)c12. The van der Waals surface area contributed by atoms with Crippen LogP contribution in [0.25, 0.3) is 27.8 Å². The molecule has 0 radical (unpaired) electrons. The van der Waals surface area contributed by atoms with Gasteiger partial charge in [0.05, 0.1) is 34.1 Å². The first-order chi connectivity index (χ1) is 16.0. The third-order valence-corrected chi connectivity index (χ3v) is 7.08. The molecule has 3 aromatic heterocycles. The lowest BCUT2D eigenvalue weighted by atomic mass is 9.93. The molecular weight excluding hydrogens is 430 g/mol. The summed E-state index contributed by atoms with van der Waals surface area (Å²) in [6, 6.07) is 12.5. The molecule has 1 fully saturated rings. The molecule has 0 aliphatic heterocycles. The van der Waals surface area contributed by atoms with E-state index in [0.717, 1.165) is 59.3 Å². The molecule has 5 rings (SSSR count). The highest BCUT2D eigenvalue weighted by Gasteiger charge is 2.22. The van der Waals surface area contributed by atoms with Gasteiger partial charge in [0, 0.05) is 12.2 Å². The van der Waals surface area contributed by atoms with Crippen molar-refractivity contribution in [3.63, 3.8) is 0 Å². The summed E-state index contributed by atoms with van der Waals surface area (Å²) in [4.78, 5) is 4.72. The molecule has 3 heterocycles. The number of benzene rings is 1. The number of rotatable bonds is 5. The fraction of sp³-hybridized carbons (Fsp3) is 0.346. The normalized spacial score (nSPS) is 18.5. The van der Waals surface area contributed by atoms with Crippen molar-refractivity contribution in [1.29, 1.82) is 5.26 Å². The number of anilines is 1. The lowest BCUT2D eigenvalue weighted by Gasteiger charge is -2.27. The molecule has 0 saturated heterocycles. The van der Waals surface area contributed by atoms with E-state index in [1.54, 1.807) is 11.3 Å². The van der Waals surface area contributed by atoms with Crippen LogP contribution in [-0.4, -0.2) is 32.0 Å². The first kappa shape index (κ1) is 21.6. The Hall–Kier alpha value is -3.21. The number of aliphatic hydroxyl groups is 1. The zero-order valence-corrected chi connectivity index (χ0v) is 19.6. The molecular formula is C26H27N5OS. The second-order valence-corrected chi connectivity index (χ2v) is 9.79. The molecule has 1 aromatic carbocycles. The van der Waals surface area contributed by atoms with Crippen LogP contribution in [0.15, 0.2) is 47.3 Å². The number of aliphatic hydroxyl groups excluding tert-OH is 1. The fourth-order valence-electron chi connectivity index (χ4n) is 4.63. The Morgan fingerprint density at radius 3 is 2.70 bits per heavy atom. The smallest absolute Gasteiger partial charge is 0.163 e. The number of nitriles is 1. The molecule has 0 spiro atoms. The molecule has 1 aliphatic rings. The maximum absolute atomic E-state index is 9.83. The minimum absolute atomic E-state index is 0.210. The van der Waals surface area contributed by atoms with Gasteiger partial charge in [-0.25, -0.2) is 9.67 Å². The Labute approximate surface area is 197 Å². The van der Waals surface area contributed by atoms with Crippen molar-refractivity contribution in [3.05, 3.63) is 58.5 Å².